The Kier molecular flexibility index (Phi) is 3.83. The standard InChI is InChI=1S/C16H20N2S/c1-12(11-13-3-2-4-13)18-15-7-5-14(6-8-15)16-17-9-10-19-16/h5-10,12-13,18H,2-4,11H2,1H3. The summed E-state index contributed by atoms with van der Waals surface area (Å²) >= 11 is 1.68. The Bertz CT molecular complexity index is 500. The summed E-state index contributed by atoms with van der Waals surface area (Å²) in [4.78, 5) is 4.33. The maximum atomic E-state index is 4.33. The van der Waals surface area contributed by atoms with Crippen molar-refractivity contribution in [2.24, 2.45) is 5.92 Å². The van der Waals surface area contributed by atoms with Crippen LogP contribution in [0.1, 0.15) is 32.6 Å². The van der Waals surface area contributed by atoms with Crippen molar-refractivity contribution in [1.82, 2.24) is 4.98 Å². The Hall–Kier alpha value is -1.35. The lowest BCUT2D eigenvalue weighted by Gasteiger charge is -2.28. The van der Waals surface area contributed by atoms with Crippen LogP contribution in [0.5, 0.6) is 0 Å². The Morgan fingerprint density at radius 2 is 2.11 bits per heavy atom. The summed E-state index contributed by atoms with van der Waals surface area (Å²) < 4.78 is 0. The van der Waals surface area contributed by atoms with Gasteiger partial charge >= 0.3 is 0 Å². The van der Waals surface area contributed by atoms with E-state index in [-0.39, 0.29) is 0 Å². The van der Waals surface area contributed by atoms with Crippen molar-refractivity contribution in [3.05, 3.63) is 35.8 Å². The van der Waals surface area contributed by atoms with Gasteiger partial charge in [-0.1, -0.05) is 19.3 Å². The molecule has 2 aromatic rings. The van der Waals surface area contributed by atoms with E-state index in [1.54, 1.807) is 11.3 Å². The molecule has 1 fully saturated rings. The van der Waals surface area contributed by atoms with Crippen LogP contribution in [-0.2, 0) is 0 Å². The molecule has 1 aromatic carbocycles. The highest BCUT2D eigenvalue weighted by atomic mass is 32.1. The van der Waals surface area contributed by atoms with Gasteiger partial charge in [0.25, 0.3) is 0 Å². The second-order valence-electron chi connectivity index (χ2n) is 5.49. The summed E-state index contributed by atoms with van der Waals surface area (Å²) in [5, 5.41) is 6.70. The van der Waals surface area contributed by atoms with E-state index in [0.717, 1.165) is 10.9 Å². The predicted octanol–water partition coefficient (Wildman–Crippen LogP) is 4.80. The molecule has 1 unspecified atom stereocenters. The fraction of sp³-hybridized carbons (Fsp3) is 0.438. The van der Waals surface area contributed by atoms with Gasteiger partial charge in [0.15, 0.2) is 0 Å². The first kappa shape index (κ1) is 12.7. The first-order valence-electron chi connectivity index (χ1n) is 7.08. The molecule has 0 bridgehead atoms. The number of hydrogen-bond donors (Lipinski definition) is 1. The minimum Gasteiger partial charge on any atom is -0.383 e. The molecule has 0 radical (unpaired) electrons. The quantitative estimate of drug-likeness (QED) is 0.845. The molecule has 3 heteroatoms. The normalized spacial score (nSPS) is 16.9. The van der Waals surface area contributed by atoms with Crippen LogP contribution in [0.4, 0.5) is 5.69 Å². The van der Waals surface area contributed by atoms with Crippen molar-refractivity contribution in [2.45, 2.75) is 38.6 Å². The molecule has 1 N–H and O–H groups in total. The Labute approximate surface area is 118 Å². The van der Waals surface area contributed by atoms with E-state index in [0.29, 0.717) is 6.04 Å². The lowest BCUT2D eigenvalue weighted by atomic mass is 9.81. The summed E-state index contributed by atoms with van der Waals surface area (Å²) in [5.74, 6) is 0.956. The summed E-state index contributed by atoms with van der Waals surface area (Å²) in [5.41, 5.74) is 2.42. The number of benzene rings is 1. The smallest absolute Gasteiger partial charge is 0.123 e. The van der Waals surface area contributed by atoms with Crippen LogP contribution in [0.15, 0.2) is 35.8 Å². The van der Waals surface area contributed by atoms with E-state index in [1.165, 1.54) is 36.9 Å². The Balaban J connectivity index is 1.59. The van der Waals surface area contributed by atoms with Gasteiger partial charge in [-0.15, -0.1) is 11.3 Å². The maximum absolute atomic E-state index is 4.33. The largest absolute Gasteiger partial charge is 0.383 e. The molecule has 1 heterocycles. The molecule has 1 atom stereocenters. The molecule has 0 saturated heterocycles. The Morgan fingerprint density at radius 3 is 2.68 bits per heavy atom. The van der Waals surface area contributed by atoms with E-state index < -0.39 is 0 Å². The average molecular weight is 272 g/mol. The van der Waals surface area contributed by atoms with Gasteiger partial charge in [-0.25, -0.2) is 4.98 Å². The number of hydrogen-bond acceptors (Lipinski definition) is 3. The van der Waals surface area contributed by atoms with Crippen LogP contribution in [0.25, 0.3) is 10.6 Å². The topological polar surface area (TPSA) is 24.9 Å². The molecule has 100 valence electrons. The number of nitrogens with zero attached hydrogens (tertiary/aromatic N) is 1. The number of aromatic nitrogens is 1. The van der Waals surface area contributed by atoms with E-state index >= 15 is 0 Å². The van der Waals surface area contributed by atoms with Gasteiger partial charge in [0, 0.05) is 28.9 Å². The van der Waals surface area contributed by atoms with Gasteiger partial charge in [0.1, 0.15) is 5.01 Å². The minimum absolute atomic E-state index is 0.566. The summed E-state index contributed by atoms with van der Waals surface area (Å²) in [7, 11) is 0. The zero-order chi connectivity index (χ0) is 13.1. The van der Waals surface area contributed by atoms with Gasteiger partial charge < -0.3 is 5.32 Å². The zero-order valence-electron chi connectivity index (χ0n) is 11.3. The molecular weight excluding hydrogens is 252 g/mol. The highest BCUT2D eigenvalue weighted by Crippen LogP contribution is 2.31. The van der Waals surface area contributed by atoms with Crippen molar-refractivity contribution >= 4 is 17.0 Å². The zero-order valence-corrected chi connectivity index (χ0v) is 12.1. The van der Waals surface area contributed by atoms with Crippen LogP contribution in [0, 0.1) is 5.92 Å². The molecule has 0 aliphatic heterocycles. The lowest BCUT2D eigenvalue weighted by Crippen LogP contribution is -2.23. The Morgan fingerprint density at radius 1 is 1.32 bits per heavy atom. The fourth-order valence-electron chi connectivity index (χ4n) is 2.65. The molecule has 1 aliphatic carbocycles. The van der Waals surface area contributed by atoms with E-state index in [1.807, 2.05) is 11.6 Å². The van der Waals surface area contributed by atoms with E-state index in [9.17, 15) is 0 Å². The number of thiazole rings is 1. The first-order valence-corrected chi connectivity index (χ1v) is 7.96. The minimum atomic E-state index is 0.566. The third-order valence-electron chi connectivity index (χ3n) is 3.89. The molecule has 2 nitrogen and oxygen atoms in total. The van der Waals surface area contributed by atoms with Crippen molar-refractivity contribution in [1.29, 1.82) is 0 Å². The molecule has 3 rings (SSSR count). The molecule has 1 aliphatic rings. The number of nitrogens with one attached hydrogen (secondary N) is 1. The maximum Gasteiger partial charge on any atom is 0.123 e. The first-order chi connectivity index (χ1) is 9.31. The van der Waals surface area contributed by atoms with E-state index in [4.69, 9.17) is 0 Å². The second-order valence-corrected chi connectivity index (χ2v) is 6.39. The summed E-state index contributed by atoms with van der Waals surface area (Å²) in [6, 6.07) is 9.19. The van der Waals surface area contributed by atoms with Crippen molar-refractivity contribution in [3.63, 3.8) is 0 Å². The molecule has 0 amide bonds. The highest BCUT2D eigenvalue weighted by Gasteiger charge is 2.19. The van der Waals surface area contributed by atoms with Crippen LogP contribution in [0.3, 0.4) is 0 Å². The van der Waals surface area contributed by atoms with Gasteiger partial charge in [0.05, 0.1) is 0 Å². The molecule has 0 spiro atoms. The monoisotopic (exact) mass is 272 g/mol. The third-order valence-corrected chi connectivity index (χ3v) is 4.71. The SMILES string of the molecule is CC(CC1CCC1)Nc1ccc(-c2nccs2)cc1. The number of anilines is 1. The summed E-state index contributed by atoms with van der Waals surface area (Å²) in [6.45, 7) is 2.28. The van der Waals surface area contributed by atoms with E-state index in [2.05, 4.69) is 41.5 Å². The third kappa shape index (κ3) is 3.16. The van der Waals surface area contributed by atoms with Gasteiger partial charge in [0.2, 0.25) is 0 Å². The molecule has 1 aromatic heterocycles. The van der Waals surface area contributed by atoms with Crippen LogP contribution in [-0.4, -0.2) is 11.0 Å². The highest BCUT2D eigenvalue weighted by molar-refractivity contribution is 7.13. The van der Waals surface area contributed by atoms with Crippen molar-refractivity contribution in [2.75, 3.05) is 5.32 Å². The van der Waals surface area contributed by atoms with Gasteiger partial charge in [-0.05, 0) is 43.5 Å². The molecule has 1 saturated carbocycles. The predicted molar refractivity (Wildman–Crippen MR) is 82.6 cm³/mol. The molecule has 19 heavy (non-hydrogen) atoms. The van der Waals surface area contributed by atoms with Crippen molar-refractivity contribution in [3.8, 4) is 10.6 Å². The summed E-state index contributed by atoms with van der Waals surface area (Å²) in [6.07, 6.45) is 7.44. The lowest BCUT2D eigenvalue weighted by molar-refractivity contribution is 0.286. The van der Waals surface area contributed by atoms with Gasteiger partial charge in [-0.2, -0.15) is 0 Å². The average Bonchev–Trinajstić information content (AvgIpc) is 2.89. The molecular formula is C16H20N2S. The number of rotatable bonds is 5. The second kappa shape index (κ2) is 5.74. The van der Waals surface area contributed by atoms with Crippen LogP contribution >= 0.6 is 11.3 Å². The van der Waals surface area contributed by atoms with Crippen molar-refractivity contribution < 1.29 is 0 Å². The van der Waals surface area contributed by atoms with Gasteiger partial charge in [-0.3, -0.25) is 0 Å². The van der Waals surface area contributed by atoms with Crippen LogP contribution < -0.4 is 5.32 Å². The fourth-order valence-corrected chi connectivity index (χ4v) is 3.29. The van der Waals surface area contributed by atoms with Crippen LogP contribution in [0.2, 0.25) is 0 Å².